The van der Waals surface area contributed by atoms with Crippen LogP contribution in [-0.2, 0) is 7.05 Å². The maximum absolute atomic E-state index is 5.19. The molecular formula is C34H32N3S+. The fourth-order valence-electron chi connectivity index (χ4n) is 6.20. The zero-order chi connectivity index (χ0) is 25.6. The van der Waals surface area contributed by atoms with Gasteiger partial charge in [0, 0.05) is 5.92 Å². The molecule has 3 nitrogen and oxygen atoms in total. The summed E-state index contributed by atoms with van der Waals surface area (Å²) in [5.41, 5.74) is 9.80. The van der Waals surface area contributed by atoms with Crippen molar-refractivity contribution in [2.24, 2.45) is 7.05 Å². The van der Waals surface area contributed by atoms with Crippen LogP contribution in [0.1, 0.15) is 48.6 Å². The van der Waals surface area contributed by atoms with Gasteiger partial charge >= 0.3 is 0 Å². The molecule has 1 aliphatic carbocycles. The predicted octanol–water partition coefficient (Wildman–Crippen LogP) is 8.75. The summed E-state index contributed by atoms with van der Waals surface area (Å²) in [6.45, 7) is 2.25. The van der Waals surface area contributed by atoms with Crippen molar-refractivity contribution in [3.63, 3.8) is 0 Å². The third-order valence-electron chi connectivity index (χ3n) is 8.21. The number of nitrogens with zero attached hydrogens (tertiary/aromatic N) is 3. The van der Waals surface area contributed by atoms with E-state index in [0.29, 0.717) is 5.92 Å². The number of thiazole rings is 1. The van der Waals surface area contributed by atoms with Gasteiger partial charge in [0.05, 0.1) is 27.8 Å². The Morgan fingerprint density at radius 2 is 1.50 bits per heavy atom. The summed E-state index contributed by atoms with van der Waals surface area (Å²) in [6, 6.07) is 32.8. The molecule has 1 aliphatic rings. The van der Waals surface area contributed by atoms with Crippen molar-refractivity contribution in [2.75, 3.05) is 0 Å². The third kappa shape index (κ3) is 3.86. The molecule has 0 N–H and O–H groups in total. The number of imidazole rings is 1. The molecule has 7 rings (SSSR count). The fourth-order valence-corrected chi connectivity index (χ4v) is 7.53. The van der Waals surface area contributed by atoms with E-state index in [9.17, 15) is 0 Å². The maximum atomic E-state index is 5.19. The van der Waals surface area contributed by atoms with Gasteiger partial charge in [-0.25, -0.2) is 9.55 Å². The number of para-hydroxylation sites is 2. The Kier molecular flexibility index (Phi) is 5.85. The number of hydrogen-bond donors (Lipinski definition) is 0. The molecule has 4 heteroatoms. The highest BCUT2D eigenvalue weighted by Gasteiger charge is 2.30. The Morgan fingerprint density at radius 1 is 0.789 bits per heavy atom. The minimum atomic E-state index is 0.611. The summed E-state index contributed by atoms with van der Waals surface area (Å²) in [6.07, 6.45) is 6.57. The minimum absolute atomic E-state index is 0.611. The highest BCUT2D eigenvalue weighted by molar-refractivity contribution is 7.19. The molecule has 0 unspecified atom stereocenters. The molecule has 0 aliphatic heterocycles. The van der Waals surface area contributed by atoms with Crippen molar-refractivity contribution in [3.8, 4) is 28.2 Å². The van der Waals surface area contributed by atoms with Crippen LogP contribution in [0.25, 0.3) is 49.5 Å². The van der Waals surface area contributed by atoms with Crippen molar-refractivity contribution >= 4 is 32.6 Å². The molecular weight excluding hydrogens is 482 g/mol. The van der Waals surface area contributed by atoms with Gasteiger partial charge in [0.15, 0.2) is 11.0 Å². The first-order valence-corrected chi connectivity index (χ1v) is 14.6. The largest absolute Gasteiger partial charge is 0.296 e. The lowest BCUT2D eigenvalue weighted by molar-refractivity contribution is -0.633. The van der Waals surface area contributed by atoms with Crippen LogP contribution in [0.2, 0.25) is 0 Å². The second kappa shape index (κ2) is 9.52. The van der Waals surface area contributed by atoms with Crippen molar-refractivity contribution in [2.45, 2.75) is 44.9 Å². The van der Waals surface area contributed by atoms with Crippen molar-refractivity contribution < 1.29 is 4.57 Å². The van der Waals surface area contributed by atoms with Gasteiger partial charge in [-0.1, -0.05) is 79.9 Å². The molecule has 2 heterocycles. The van der Waals surface area contributed by atoms with Crippen molar-refractivity contribution in [3.05, 3.63) is 102 Å². The monoisotopic (exact) mass is 514 g/mol. The van der Waals surface area contributed by atoms with E-state index in [-0.39, 0.29) is 0 Å². The molecule has 6 aromatic rings. The zero-order valence-corrected chi connectivity index (χ0v) is 22.8. The van der Waals surface area contributed by atoms with Gasteiger partial charge in [0.2, 0.25) is 0 Å². The van der Waals surface area contributed by atoms with E-state index in [1.165, 1.54) is 86.6 Å². The van der Waals surface area contributed by atoms with E-state index < -0.39 is 0 Å². The van der Waals surface area contributed by atoms with Crippen LogP contribution in [0, 0.1) is 6.92 Å². The van der Waals surface area contributed by atoms with E-state index in [0.717, 1.165) is 5.52 Å². The number of rotatable bonds is 4. The standard InChI is InChI=1S/C34H32N3S/c1-23-17-22-28-32(38-33(35-28)26-13-7-4-8-14-26)31(23)34-36(2)29-15-9-10-16-30(29)37(34)27-20-18-25(19-21-27)24-11-5-3-6-12-24/h3,5-6,9-12,15-22,26H,4,7-8,13-14H2,1-2H3/q+1. The minimum Gasteiger partial charge on any atom is -0.241 e. The van der Waals surface area contributed by atoms with Gasteiger partial charge in [-0.3, -0.25) is 0 Å². The van der Waals surface area contributed by atoms with Crippen molar-refractivity contribution in [1.82, 2.24) is 9.55 Å². The Labute approximate surface area is 228 Å². The highest BCUT2D eigenvalue weighted by atomic mass is 32.1. The lowest BCUT2D eigenvalue weighted by atomic mass is 9.90. The number of aryl methyl sites for hydroxylation is 2. The Morgan fingerprint density at radius 3 is 2.29 bits per heavy atom. The maximum Gasteiger partial charge on any atom is 0.296 e. The fraction of sp³-hybridized carbons (Fsp3) is 0.235. The molecule has 38 heavy (non-hydrogen) atoms. The Bertz CT molecular complexity index is 1750. The molecule has 0 amide bonds. The Balaban J connectivity index is 1.45. The number of benzene rings is 4. The molecule has 1 fully saturated rings. The molecule has 0 spiro atoms. The summed E-state index contributed by atoms with van der Waals surface area (Å²) >= 11 is 1.92. The lowest BCUT2D eigenvalue weighted by Crippen LogP contribution is -2.30. The molecule has 0 radical (unpaired) electrons. The van der Waals surface area contributed by atoms with Crippen LogP contribution >= 0.6 is 11.3 Å². The van der Waals surface area contributed by atoms with Crippen LogP contribution in [0.5, 0.6) is 0 Å². The second-order valence-electron chi connectivity index (χ2n) is 10.6. The van der Waals surface area contributed by atoms with Gasteiger partial charge in [-0.05, 0) is 66.8 Å². The SMILES string of the molecule is Cc1ccc2nc(C3CCCCC3)sc2c1-c1n(-c2ccc(-c3ccccc3)cc2)c2ccccc2[n+]1C. The molecule has 0 saturated heterocycles. The van der Waals surface area contributed by atoms with E-state index in [1.54, 1.807) is 0 Å². The van der Waals surface area contributed by atoms with Gasteiger partial charge in [-0.2, -0.15) is 4.57 Å². The molecule has 1 saturated carbocycles. The molecule has 2 aromatic heterocycles. The highest BCUT2D eigenvalue weighted by Crippen LogP contribution is 2.42. The molecule has 4 aromatic carbocycles. The number of fused-ring (bicyclic) bond motifs is 2. The first-order valence-electron chi connectivity index (χ1n) is 13.7. The summed E-state index contributed by atoms with van der Waals surface area (Å²) in [5.74, 6) is 1.82. The van der Waals surface area contributed by atoms with E-state index >= 15 is 0 Å². The summed E-state index contributed by atoms with van der Waals surface area (Å²) in [5, 5.41) is 1.32. The average Bonchev–Trinajstić information content (AvgIpc) is 3.54. The molecule has 0 bridgehead atoms. The van der Waals surface area contributed by atoms with Crippen molar-refractivity contribution in [1.29, 1.82) is 0 Å². The van der Waals surface area contributed by atoms with Crippen LogP contribution in [0.15, 0.2) is 91.0 Å². The van der Waals surface area contributed by atoms with Crippen LogP contribution < -0.4 is 4.57 Å². The smallest absolute Gasteiger partial charge is 0.241 e. The van der Waals surface area contributed by atoms with Gasteiger partial charge in [-0.15, -0.1) is 11.3 Å². The number of hydrogen-bond acceptors (Lipinski definition) is 2. The first-order chi connectivity index (χ1) is 18.7. The van der Waals surface area contributed by atoms with Gasteiger partial charge in [0.25, 0.3) is 5.82 Å². The quantitative estimate of drug-likeness (QED) is 0.216. The van der Waals surface area contributed by atoms with Crippen LogP contribution in [0.4, 0.5) is 0 Å². The lowest BCUT2D eigenvalue weighted by Gasteiger charge is -2.18. The second-order valence-corrected chi connectivity index (χ2v) is 11.6. The third-order valence-corrected chi connectivity index (χ3v) is 9.46. The normalized spacial score (nSPS) is 14.5. The van der Waals surface area contributed by atoms with E-state index in [4.69, 9.17) is 4.98 Å². The zero-order valence-electron chi connectivity index (χ0n) is 22.0. The Hall–Kier alpha value is -3.76. The summed E-state index contributed by atoms with van der Waals surface area (Å²) < 4.78 is 6.11. The number of aromatic nitrogens is 3. The molecule has 188 valence electrons. The summed E-state index contributed by atoms with van der Waals surface area (Å²) in [7, 11) is 2.20. The predicted molar refractivity (Wildman–Crippen MR) is 159 cm³/mol. The van der Waals surface area contributed by atoms with Gasteiger partial charge < -0.3 is 0 Å². The van der Waals surface area contributed by atoms with E-state index in [1.807, 2.05) is 11.3 Å². The topological polar surface area (TPSA) is 21.7 Å². The van der Waals surface area contributed by atoms with Gasteiger partial charge in [0.1, 0.15) is 5.69 Å². The van der Waals surface area contributed by atoms with E-state index in [2.05, 4.69) is 114 Å². The van der Waals surface area contributed by atoms with Crippen LogP contribution in [0.3, 0.4) is 0 Å². The average molecular weight is 515 g/mol. The van der Waals surface area contributed by atoms with Crippen LogP contribution in [-0.4, -0.2) is 9.55 Å². The first kappa shape index (κ1) is 23.4. The molecule has 0 atom stereocenters. The summed E-state index contributed by atoms with van der Waals surface area (Å²) in [4.78, 5) is 5.19.